The van der Waals surface area contributed by atoms with Crippen LogP contribution in [0.2, 0.25) is 0 Å². The maximum atomic E-state index is 2.24. The average molecular weight is 118 g/mol. The fraction of sp³-hybridized carbons (Fsp3) is 1.00. The van der Waals surface area contributed by atoms with Crippen molar-refractivity contribution in [1.82, 2.24) is 0 Å². The normalized spacial score (nSPS) is 9.00. The van der Waals surface area contributed by atoms with Crippen LogP contribution in [-0.2, 0) is 0 Å². The molecule has 0 spiro atoms. The van der Waals surface area contributed by atoms with Gasteiger partial charge < -0.3 is 0 Å². The minimum absolute atomic E-state index is 0. The average Bonchev–Trinajstić information content (AvgIpc) is 1.35. The van der Waals surface area contributed by atoms with E-state index in [1.807, 2.05) is 0 Å². The summed E-state index contributed by atoms with van der Waals surface area (Å²) in [7, 11) is 0. The first-order valence-corrected chi connectivity index (χ1v) is 2.56. The molecule has 0 amide bonds. The molecule has 0 aliphatic carbocycles. The largest absolute Gasteiger partial charge is 0.0776 e. The second kappa shape index (κ2) is 5.14. The minimum Gasteiger partial charge on any atom is -0.0776 e. The van der Waals surface area contributed by atoms with Gasteiger partial charge in [0.15, 0.2) is 0 Å². The van der Waals surface area contributed by atoms with E-state index in [9.17, 15) is 0 Å². The Morgan fingerprint density at radius 1 is 1.00 bits per heavy atom. The van der Waals surface area contributed by atoms with Gasteiger partial charge in [-0.05, 0) is 5.41 Å². The molecule has 0 rings (SSSR count). The van der Waals surface area contributed by atoms with Crippen molar-refractivity contribution in [2.75, 3.05) is 0 Å². The fourth-order valence-electron chi connectivity index (χ4n) is 0. The molecule has 0 saturated carbocycles. The highest BCUT2D eigenvalue weighted by Crippen LogP contribution is 2.16. The molecule has 0 bridgehead atoms. The van der Waals surface area contributed by atoms with Crippen molar-refractivity contribution in [3.05, 3.63) is 0 Å². The van der Waals surface area contributed by atoms with Crippen molar-refractivity contribution in [2.45, 2.75) is 49.0 Å². The van der Waals surface area contributed by atoms with Crippen LogP contribution in [0.4, 0.5) is 0 Å². The summed E-state index contributed by atoms with van der Waals surface area (Å²) in [6.45, 7) is 8.94. The Kier molecular flexibility index (Phi) is 10.1. The van der Waals surface area contributed by atoms with Gasteiger partial charge in [-0.25, -0.2) is 0 Å². The summed E-state index contributed by atoms with van der Waals surface area (Å²) in [5.74, 6) is 0. The smallest absolute Gasteiger partial charge is 0.0385 e. The van der Waals surface area contributed by atoms with E-state index in [4.69, 9.17) is 0 Å². The number of rotatable bonds is 0. The predicted octanol–water partition coefficient (Wildman–Crippen LogP) is 3.71. The Bertz CT molecular complexity index is 29.8. The van der Waals surface area contributed by atoms with Crippen LogP contribution in [0.3, 0.4) is 0 Å². The highest BCUT2D eigenvalue weighted by atomic mass is 14.1. The quantitative estimate of drug-likeness (QED) is 0.455. The van der Waals surface area contributed by atoms with Crippen LogP contribution in [0.15, 0.2) is 0 Å². The Labute approximate surface area is 55.3 Å². The van der Waals surface area contributed by atoms with Gasteiger partial charge in [0, 0.05) is 0 Å². The summed E-state index contributed by atoms with van der Waals surface area (Å²) >= 11 is 0. The van der Waals surface area contributed by atoms with Gasteiger partial charge in [0.1, 0.15) is 0 Å². The second-order valence-electron chi connectivity index (χ2n) is 2.91. The van der Waals surface area contributed by atoms with E-state index >= 15 is 0 Å². The summed E-state index contributed by atoms with van der Waals surface area (Å²) in [5, 5.41) is 0. The van der Waals surface area contributed by atoms with E-state index in [1.54, 1.807) is 0 Å². The lowest BCUT2D eigenvalue weighted by atomic mass is 9.94. The molecule has 0 aromatic carbocycles. The summed E-state index contributed by atoms with van der Waals surface area (Å²) in [4.78, 5) is 0. The summed E-state index contributed by atoms with van der Waals surface area (Å²) in [6, 6.07) is 0. The summed E-state index contributed by atoms with van der Waals surface area (Å²) in [5.41, 5.74) is 0.542. The Morgan fingerprint density at radius 3 is 1.12 bits per heavy atom. The van der Waals surface area contributed by atoms with Gasteiger partial charge in [0.05, 0.1) is 0 Å². The standard InChI is InChI=1S/C6H14.2CH4/c1-5-6(2,3)4;;/h5H2,1-4H3;2*1H4. The molecule has 0 N–H and O–H groups in total. The Hall–Kier alpha value is 0. The van der Waals surface area contributed by atoms with Gasteiger partial charge in [0.25, 0.3) is 0 Å². The van der Waals surface area contributed by atoms with E-state index in [0.717, 1.165) is 0 Å². The van der Waals surface area contributed by atoms with Gasteiger partial charge in [-0.2, -0.15) is 0 Å². The molecule has 0 unspecified atom stereocenters. The Balaban J connectivity index is -0.000000125. The van der Waals surface area contributed by atoms with Crippen LogP contribution in [0.5, 0.6) is 0 Å². The molecule has 0 radical (unpaired) electrons. The molecule has 0 atom stereocenters. The van der Waals surface area contributed by atoms with E-state index in [2.05, 4.69) is 27.7 Å². The zero-order valence-corrected chi connectivity index (χ0v) is 5.21. The van der Waals surface area contributed by atoms with Crippen molar-refractivity contribution in [3.8, 4) is 0 Å². The molecule has 0 heteroatoms. The van der Waals surface area contributed by atoms with E-state index in [1.165, 1.54) is 6.42 Å². The maximum Gasteiger partial charge on any atom is -0.0385 e. The molecular weight excluding hydrogens is 96.1 g/mol. The van der Waals surface area contributed by atoms with Crippen molar-refractivity contribution in [3.63, 3.8) is 0 Å². The first kappa shape index (κ1) is 15.7. The predicted molar refractivity (Wildman–Crippen MR) is 43.2 cm³/mol. The third-order valence-electron chi connectivity index (χ3n) is 1.06. The van der Waals surface area contributed by atoms with Crippen molar-refractivity contribution >= 4 is 0 Å². The molecule has 0 aromatic rings. The van der Waals surface area contributed by atoms with Gasteiger partial charge in [0.2, 0.25) is 0 Å². The van der Waals surface area contributed by atoms with E-state index < -0.39 is 0 Å². The second-order valence-corrected chi connectivity index (χ2v) is 2.91. The minimum atomic E-state index is 0. The molecule has 8 heavy (non-hydrogen) atoms. The van der Waals surface area contributed by atoms with Crippen molar-refractivity contribution in [2.24, 2.45) is 5.41 Å². The zero-order valence-electron chi connectivity index (χ0n) is 5.21. The van der Waals surface area contributed by atoms with E-state index in [-0.39, 0.29) is 14.9 Å². The summed E-state index contributed by atoms with van der Waals surface area (Å²) < 4.78 is 0. The maximum absolute atomic E-state index is 2.24. The molecule has 0 saturated heterocycles. The first-order chi connectivity index (χ1) is 2.56. The van der Waals surface area contributed by atoms with E-state index in [0.29, 0.717) is 5.41 Å². The highest BCUT2D eigenvalue weighted by molar-refractivity contribution is 4.55. The topological polar surface area (TPSA) is 0 Å². The molecule has 0 aliphatic heterocycles. The zero-order chi connectivity index (χ0) is 5.21. The highest BCUT2D eigenvalue weighted by Gasteiger charge is 2.03. The van der Waals surface area contributed by atoms with Crippen LogP contribution in [0.1, 0.15) is 49.0 Å². The Morgan fingerprint density at radius 2 is 1.12 bits per heavy atom. The summed E-state index contributed by atoms with van der Waals surface area (Å²) in [6.07, 6.45) is 1.27. The van der Waals surface area contributed by atoms with Crippen molar-refractivity contribution < 1.29 is 0 Å². The number of hydrogen-bond donors (Lipinski definition) is 0. The molecule has 0 heterocycles. The van der Waals surface area contributed by atoms with Crippen LogP contribution >= 0.6 is 0 Å². The molecule has 0 aliphatic rings. The lowest BCUT2D eigenvalue weighted by Gasteiger charge is -2.12. The van der Waals surface area contributed by atoms with Crippen LogP contribution in [0, 0.1) is 5.41 Å². The van der Waals surface area contributed by atoms with Gasteiger partial charge in [-0.15, -0.1) is 0 Å². The number of hydrogen-bond acceptors (Lipinski definition) is 0. The molecule has 54 valence electrons. The van der Waals surface area contributed by atoms with Crippen molar-refractivity contribution in [1.29, 1.82) is 0 Å². The van der Waals surface area contributed by atoms with Gasteiger partial charge >= 0.3 is 0 Å². The molecule has 0 aromatic heterocycles. The van der Waals surface area contributed by atoms with Crippen LogP contribution < -0.4 is 0 Å². The van der Waals surface area contributed by atoms with Crippen LogP contribution in [-0.4, -0.2) is 0 Å². The monoisotopic (exact) mass is 118 g/mol. The molecule has 0 fully saturated rings. The SMILES string of the molecule is C.C.CCC(C)(C)C. The third-order valence-corrected chi connectivity index (χ3v) is 1.06. The lowest BCUT2D eigenvalue weighted by Crippen LogP contribution is -2.00. The van der Waals surface area contributed by atoms with Crippen LogP contribution in [0.25, 0.3) is 0 Å². The third kappa shape index (κ3) is 16.7. The molecule has 0 nitrogen and oxygen atoms in total. The van der Waals surface area contributed by atoms with Gasteiger partial charge in [-0.1, -0.05) is 49.0 Å². The lowest BCUT2D eigenvalue weighted by molar-refractivity contribution is 0.398. The first-order valence-electron chi connectivity index (χ1n) is 2.56. The fourth-order valence-corrected chi connectivity index (χ4v) is 0. The van der Waals surface area contributed by atoms with Gasteiger partial charge in [-0.3, -0.25) is 0 Å². The molecular formula is C8H22.